The van der Waals surface area contributed by atoms with Crippen LogP contribution >= 0.6 is 27.7 Å². The Morgan fingerprint density at radius 3 is 2.77 bits per heavy atom. The number of carbonyl (C=O) groups is 1. The first-order chi connectivity index (χ1) is 6.11. The van der Waals surface area contributed by atoms with Gasteiger partial charge >= 0.3 is 5.97 Å². The zero-order valence-electron chi connectivity index (χ0n) is 8.17. The van der Waals surface area contributed by atoms with Crippen molar-refractivity contribution in [2.24, 2.45) is 0 Å². The van der Waals surface area contributed by atoms with Gasteiger partial charge in [-0.15, -0.1) is 0 Å². The molecule has 5 heteroatoms. The molecule has 0 aromatic heterocycles. The minimum Gasteiger partial charge on any atom is -0.468 e. The number of alkyl halides is 1. The number of halogens is 1. The van der Waals surface area contributed by atoms with Gasteiger partial charge in [-0.25, -0.2) is 0 Å². The van der Waals surface area contributed by atoms with Crippen LogP contribution in [0.2, 0.25) is 0 Å². The molecule has 0 rings (SSSR count). The van der Waals surface area contributed by atoms with E-state index < -0.39 is 0 Å². The Bertz CT molecular complexity index is 157. The molecule has 0 aliphatic carbocycles. The van der Waals surface area contributed by atoms with E-state index >= 15 is 0 Å². The molecule has 78 valence electrons. The predicted molar refractivity (Wildman–Crippen MR) is 60.6 cm³/mol. The summed E-state index contributed by atoms with van der Waals surface area (Å²) < 4.78 is 4.57. The third-order valence-corrected chi connectivity index (χ3v) is 3.05. The molecule has 0 saturated carbocycles. The van der Waals surface area contributed by atoms with Crippen molar-refractivity contribution in [3.63, 3.8) is 0 Å². The maximum Gasteiger partial charge on any atom is 0.320 e. The van der Waals surface area contributed by atoms with Crippen LogP contribution in [0, 0.1) is 0 Å². The number of methoxy groups -OCH3 is 1. The van der Waals surface area contributed by atoms with Crippen LogP contribution in [0.25, 0.3) is 0 Å². The van der Waals surface area contributed by atoms with E-state index in [1.807, 2.05) is 0 Å². The molecule has 0 aromatic carbocycles. The smallest absolute Gasteiger partial charge is 0.320 e. The minimum atomic E-state index is -0.248. The highest BCUT2D eigenvalue weighted by Gasteiger charge is 2.15. The molecule has 0 aliphatic rings. The summed E-state index contributed by atoms with van der Waals surface area (Å²) in [5.41, 5.74) is 0. The Morgan fingerprint density at radius 2 is 2.31 bits per heavy atom. The fraction of sp³-hybridized carbons (Fsp3) is 0.875. The van der Waals surface area contributed by atoms with Gasteiger partial charge in [-0.05, 0) is 13.2 Å². The van der Waals surface area contributed by atoms with E-state index in [0.717, 1.165) is 5.75 Å². The van der Waals surface area contributed by atoms with Crippen molar-refractivity contribution in [2.45, 2.75) is 17.8 Å². The van der Waals surface area contributed by atoms with Crippen LogP contribution in [0.3, 0.4) is 0 Å². The Kier molecular flexibility index (Phi) is 7.80. The molecular formula is C8H16BrNO2S. The van der Waals surface area contributed by atoms with E-state index in [-0.39, 0.29) is 10.8 Å². The topological polar surface area (TPSA) is 38.3 Å². The van der Waals surface area contributed by atoms with Crippen LogP contribution in [0.4, 0.5) is 0 Å². The Morgan fingerprint density at radius 1 is 1.69 bits per heavy atom. The fourth-order valence-electron chi connectivity index (χ4n) is 0.825. The van der Waals surface area contributed by atoms with Crippen molar-refractivity contribution >= 4 is 33.7 Å². The molecule has 0 spiro atoms. The highest BCUT2D eigenvalue weighted by Crippen LogP contribution is 2.02. The summed E-state index contributed by atoms with van der Waals surface area (Å²) in [5.74, 6) is 0.810. The zero-order chi connectivity index (χ0) is 10.3. The lowest BCUT2D eigenvalue weighted by Crippen LogP contribution is -2.36. The van der Waals surface area contributed by atoms with Gasteiger partial charge in [0.05, 0.1) is 7.11 Å². The van der Waals surface area contributed by atoms with Crippen molar-refractivity contribution in [1.82, 2.24) is 5.32 Å². The molecule has 2 unspecified atom stereocenters. The first-order valence-corrected chi connectivity index (χ1v) is 6.37. The molecular weight excluding hydrogens is 254 g/mol. The molecule has 0 saturated heterocycles. The van der Waals surface area contributed by atoms with Gasteiger partial charge in [0.2, 0.25) is 0 Å². The number of rotatable bonds is 6. The summed E-state index contributed by atoms with van der Waals surface area (Å²) in [5, 5.41) is 3.23. The Labute approximate surface area is 92.1 Å². The average Bonchev–Trinajstić information content (AvgIpc) is 2.13. The molecule has 0 aromatic rings. The van der Waals surface area contributed by atoms with E-state index in [0.29, 0.717) is 12.6 Å². The zero-order valence-corrected chi connectivity index (χ0v) is 10.6. The fourth-order valence-corrected chi connectivity index (χ4v) is 1.82. The van der Waals surface area contributed by atoms with E-state index in [9.17, 15) is 4.79 Å². The Hall–Kier alpha value is 0.260. The molecule has 0 bridgehead atoms. The molecule has 0 heterocycles. The summed E-state index contributed by atoms with van der Waals surface area (Å²) in [6, 6.07) is 0.416. The lowest BCUT2D eigenvalue weighted by Gasteiger charge is -2.14. The number of thioether (sulfide) groups is 1. The summed E-state index contributed by atoms with van der Waals surface area (Å²) in [6.45, 7) is 2.70. The standard InChI is InChI=1S/C8H16BrNO2S/c1-6(5-13-3)10-4-7(9)8(11)12-2/h6-7,10H,4-5H2,1-3H3. The maximum absolute atomic E-state index is 11.0. The van der Waals surface area contributed by atoms with Crippen LogP contribution in [0.1, 0.15) is 6.92 Å². The van der Waals surface area contributed by atoms with Gasteiger partial charge in [-0.1, -0.05) is 15.9 Å². The minimum absolute atomic E-state index is 0.233. The monoisotopic (exact) mass is 269 g/mol. The van der Waals surface area contributed by atoms with Crippen LogP contribution in [-0.4, -0.2) is 42.5 Å². The molecule has 3 nitrogen and oxygen atoms in total. The second-order valence-corrected chi connectivity index (χ2v) is 4.77. The number of nitrogens with one attached hydrogen (secondary N) is 1. The second kappa shape index (κ2) is 7.64. The van der Waals surface area contributed by atoms with E-state index in [2.05, 4.69) is 39.2 Å². The van der Waals surface area contributed by atoms with Gasteiger partial charge in [0.25, 0.3) is 0 Å². The van der Waals surface area contributed by atoms with Gasteiger partial charge in [-0.3, -0.25) is 4.79 Å². The maximum atomic E-state index is 11.0. The molecule has 0 amide bonds. The Balaban J connectivity index is 3.56. The number of carbonyl (C=O) groups excluding carboxylic acids is 1. The van der Waals surface area contributed by atoms with Crippen LogP contribution in [-0.2, 0) is 9.53 Å². The van der Waals surface area contributed by atoms with Crippen molar-refractivity contribution in [3.05, 3.63) is 0 Å². The van der Waals surface area contributed by atoms with Crippen LogP contribution in [0.15, 0.2) is 0 Å². The van der Waals surface area contributed by atoms with Crippen molar-refractivity contribution < 1.29 is 9.53 Å². The van der Waals surface area contributed by atoms with E-state index in [1.165, 1.54) is 7.11 Å². The largest absolute Gasteiger partial charge is 0.468 e. The number of hydrogen-bond donors (Lipinski definition) is 1. The SMILES string of the molecule is COC(=O)C(Br)CNC(C)CSC. The highest BCUT2D eigenvalue weighted by atomic mass is 79.9. The highest BCUT2D eigenvalue weighted by molar-refractivity contribution is 9.10. The first kappa shape index (κ1) is 13.3. The molecule has 0 fully saturated rings. The first-order valence-electron chi connectivity index (χ1n) is 4.06. The van der Waals surface area contributed by atoms with Gasteiger partial charge < -0.3 is 10.1 Å². The molecule has 0 radical (unpaired) electrons. The number of hydrogen-bond acceptors (Lipinski definition) is 4. The average molecular weight is 270 g/mol. The summed E-state index contributed by atoms with van der Waals surface area (Å²) in [7, 11) is 1.39. The number of ether oxygens (including phenoxy) is 1. The van der Waals surface area contributed by atoms with Crippen LogP contribution < -0.4 is 5.32 Å². The van der Waals surface area contributed by atoms with Crippen LogP contribution in [0.5, 0.6) is 0 Å². The van der Waals surface area contributed by atoms with Crippen molar-refractivity contribution in [3.8, 4) is 0 Å². The summed E-state index contributed by atoms with van der Waals surface area (Å²) in [6.07, 6.45) is 2.06. The quantitative estimate of drug-likeness (QED) is 0.582. The van der Waals surface area contributed by atoms with Gasteiger partial charge in [0.15, 0.2) is 0 Å². The third kappa shape index (κ3) is 6.35. The second-order valence-electron chi connectivity index (χ2n) is 2.76. The van der Waals surface area contributed by atoms with Crippen molar-refractivity contribution in [2.75, 3.05) is 25.7 Å². The van der Waals surface area contributed by atoms with E-state index in [4.69, 9.17) is 0 Å². The predicted octanol–water partition coefficient (Wildman–Crippen LogP) is 1.26. The summed E-state index contributed by atoms with van der Waals surface area (Å²) in [4.78, 5) is 10.7. The summed E-state index contributed by atoms with van der Waals surface area (Å²) >= 11 is 5.02. The number of esters is 1. The lowest BCUT2D eigenvalue weighted by atomic mass is 10.3. The van der Waals surface area contributed by atoms with Gasteiger partial charge in [0, 0.05) is 18.3 Å². The van der Waals surface area contributed by atoms with Crippen molar-refractivity contribution in [1.29, 1.82) is 0 Å². The molecule has 2 atom stereocenters. The lowest BCUT2D eigenvalue weighted by molar-refractivity contribution is -0.139. The molecule has 13 heavy (non-hydrogen) atoms. The molecule has 0 aliphatic heterocycles. The third-order valence-electron chi connectivity index (χ3n) is 1.52. The molecule has 1 N–H and O–H groups in total. The van der Waals surface area contributed by atoms with Gasteiger partial charge in [0.1, 0.15) is 4.83 Å². The normalized spacial score (nSPS) is 15.1. The van der Waals surface area contributed by atoms with Gasteiger partial charge in [-0.2, -0.15) is 11.8 Å². The van der Waals surface area contributed by atoms with E-state index in [1.54, 1.807) is 11.8 Å².